The molecule has 0 spiro atoms. The summed E-state index contributed by atoms with van der Waals surface area (Å²) in [4.78, 5) is 23.2. The number of amides is 2. The Morgan fingerprint density at radius 2 is 1.00 bits per heavy atom. The number of unbranched alkanes of at least 4 members (excludes halogenated alkanes) is 15. The molecule has 0 heterocycles. The average molecular weight is 441 g/mol. The van der Waals surface area contributed by atoms with E-state index in [9.17, 15) is 9.59 Å². The van der Waals surface area contributed by atoms with Crippen LogP contribution in [-0.4, -0.2) is 44.5 Å². The molecule has 2 amide bonds. The number of hydrogen-bond donors (Lipinski definition) is 4. The number of rotatable bonds is 24. The van der Waals surface area contributed by atoms with E-state index in [4.69, 9.17) is 5.73 Å². The van der Waals surface area contributed by atoms with Crippen LogP contribution in [0.3, 0.4) is 0 Å². The Kier molecular flexibility index (Phi) is 24.2. The van der Waals surface area contributed by atoms with Gasteiger partial charge in [-0.15, -0.1) is 0 Å². The first-order chi connectivity index (χ1) is 15.2. The summed E-state index contributed by atoms with van der Waals surface area (Å²) < 4.78 is 0. The summed E-state index contributed by atoms with van der Waals surface area (Å²) in [7, 11) is 0. The van der Waals surface area contributed by atoms with Crippen LogP contribution in [0, 0.1) is 0 Å². The van der Waals surface area contributed by atoms with E-state index in [0.717, 1.165) is 19.4 Å². The molecule has 0 fully saturated rings. The van der Waals surface area contributed by atoms with Gasteiger partial charge in [-0.05, 0) is 25.9 Å². The number of nitrogens with two attached hydrogens (primary N) is 1. The topological polar surface area (TPSA) is 96.2 Å². The van der Waals surface area contributed by atoms with Crippen molar-refractivity contribution in [2.45, 2.75) is 116 Å². The second-order valence-corrected chi connectivity index (χ2v) is 8.75. The van der Waals surface area contributed by atoms with Crippen molar-refractivity contribution in [3.63, 3.8) is 0 Å². The first-order valence-electron chi connectivity index (χ1n) is 13.1. The third-order valence-corrected chi connectivity index (χ3v) is 5.64. The van der Waals surface area contributed by atoms with E-state index in [1.54, 1.807) is 0 Å². The zero-order valence-corrected chi connectivity index (χ0v) is 20.5. The van der Waals surface area contributed by atoms with Crippen molar-refractivity contribution in [1.29, 1.82) is 0 Å². The van der Waals surface area contributed by atoms with Crippen molar-refractivity contribution in [3.8, 4) is 0 Å². The van der Waals surface area contributed by atoms with E-state index in [-0.39, 0.29) is 24.9 Å². The third kappa shape index (κ3) is 25.0. The molecule has 0 saturated heterocycles. The molecule has 0 bridgehead atoms. The molecule has 0 saturated carbocycles. The summed E-state index contributed by atoms with van der Waals surface area (Å²) in [6, 6.07) is 0. The molecule has 6 nitrogen and oxygen atoms in total. The quantitative estimate of drug-likeness (QED) is 0.167. The van der Waals surface area contributed by atoms with Crippen LogP contribution in [0.5, 0.6) is 0 Å². The van der Waals surface area contributed by atoms with E-state index in [2.05, 4.69) is 22.9 Å². The Morgan fingerprint density at radius 3 is 1.48 bits per heavy atom. The van der Waals surface area contributed by atoms with Gasteiger partial charge in [-0.3, -0.25) is 9.59 Å². The van der Waals surface area contributed by atoms with Gasteiger partial charge in [0.05, 0.1) is 13.1 Å². The number of carbonyl (C=O) groups is 2. The number of carbonyl (C=O) groups excluding carboxylic acids is 2. The molecule has 0 aromatic heterocycles. The fourth-order valence-corrected chi connectivity index (χ4v) is 3.63. The largest absolute Gasteiger partial charge is 0.355 e. The standard InChI is InChI=1S/C25H52N4O2/c1-2-3-4-5-6-7-8-9-10-11-12-13-14-15-16-17-20-27-22-24(30)29-23-25(31)28-21-18-19-26/h27H,2-23,26H2,1H3,(H,28,31)(H,29,30). The number of nitrogens with one attached hydrogen (secondary N) is 3. The zero-order chi connectivity index (χ0) is 22.8. The Morgan fingerprint density at radius 1 is 0.548 bits per heavy atom. The summed E-state index contributed by atoms with van der Waals surface area (Å²) in [6.45, 7) is 4.55. The highest BCUT2D eigenvalue weighted by atomic mass is 16.2. The predicted molar refractivity (Wildman–Crippen MR) is 132 cm³/mol. The van der Waals surface area contributed by atoms with Crippen LogP contribution in [0.1, 0.15) is 116 Å². The van der Waals surface area contributed by atoms with Crippen molar-refractivity contribution in [3.05, 3.63) is 0 Å². The van der Waals surface area contributed by atoms with Crippen LogP contribution in [0.4, 0.5) is 0 Å². The smallest absolute Gasteiger partial charge is 0.239 e. The van der Waals surface area contributed by atoms with E-state index >= 15 is 0 Å². The zero-order valence-electron chi connectivity index (χ0n) is 20.5. The third-order valence-electron chi connectivity index (χ3n) is 5.64. The van der Waals surface area contributed by atoms with Crippen LogP contribution in [0.2, 0.25) is 0 Å². The van der Waals surface area contributed by atoms with Gasteiger partial charge in [0.25, 0.3) is 0 Å². The van der Waals surface area contributed by atoms with Gasteiger partial charge >= 0.3 is 0 Å². The molecule has 0 aliphatic heterocycles. The predicted octanol–water partition coefficient (Wildman–Crippen LogP) is 4.42. The van der Waals surface area contributed by atoms with E-state index in [0.29, 0.717) is 13.1 Å². The minimum Gasteiger partial charge on any atom is -0.355 e. The fourth-order valence-electron chi connectivity index (χ4n) is 3.63. The maximum absolute atomic E-state index is 11.7. The van der Waals surface area contributed by atoms with Crippen LogP contribution >= 0.6 is 0 Å². The minimum absolute atomic E-state index is 0.0319. The van der Waals surface area contributed by atoms with Gasteiger partial charge in [-0.1, -0.05) is 103 Å². The first-order valence-corrected chi connectivity index (χ1v) is 13.1. The molecule has 0 aromatic rings. The minimum atomic E-state index is -0.167. The van der Waals surface area contributed by atoms with Crippen LogP contribution in [0.15, 0.2) is 0 Å². The molecule has 0 aliphatic carbocycles. The summed E-state index contributed by atoms with van der Waals surface area (Å²) >= 11 is 0. The molecular weight excluding hydrogens is 388 g/mol. The van der Waals surface area contributed by atoms with Crippen molar-refractivity contribution >= 4 is 11.8 Å². The second kappa shape index (κ2) is 25.1. The maximum atomic E-state index is 11.7. The monoisotopic (exact) mass is 440 g/mol. The van der Waals surface area contributed by atoms with Crippen molar-refractivity contribution in [1.82, 2.24) is 16.0 Å². The highest BCUT2D eigenvalue weighted by molar-refractivity contribution is 5.85. The lowest BCUT2D eigenvalue weighted by Gasteiger charge is -2.07. The van der Waals surface area contributed by atoms with Crippen molar-refractivity contribution in [2.24, 2.45) is 5.73 Å². The summed E-state index contributed by atoms with van der Waals surface area (Å²) in [5.41, 5.74) is 5.37. The maximum Gasteiger partial charge on any atom is 0.239 e. The molecule has 0 aliphatic rings. The Labute approximate surface area is 192 Å². The van der Waals surface area contributed by atoms with Gasteiger partial charge in [0.15, 0.2) is 0 Å². The van der Waals surface area contributed by atoms with Crippen molar-refractivity contribution in [2.75, 3.05) is 32.7 Å². The van der Waals surface area contributed by atoms with Gasteiger partial charge in [0, 0.05) is 6.54 Å². The molecule has 5 N–H and O–H groups in total. The Balaban J connectivity index is 3.19. The van der Waals surface area contributed by atoms with Crippen molar-refractivity contribution < 1.29 is 9.59 Å². The number of hydrogen-bond acceptors (Lipinski definition) is 4. The second-order valence-electron chi connectivity index (χ2n) is 8.75. The normalized spacial score (nSPS) is 10.9. The molecule has 184 valence electrons. The van der Waals surface area contributed by atoms with Crippen LogP contribution < -0.4 is 21.7 Å². The highest BCUT2D eigenvalue weighted by Gasteiger charge is 2.04. The molecular formula is C25H52N4O2. The van der Waals surface area contributed by atoms with E-state index in [1.807, 2.05) is 0 Å². The molecule has 0 rings (SSSR count). The van der Waals surface area contributed by atoms with Crippen LogP contribution in [0.25, 0.3) is 0 Å². The Hall–Kier alpha value is -1.14. The van der Waals surface area contributed by atoms with E-state index in [1.165, 1.54) is 96.3 Å². The van der Waals surface area contributed by atoms with Gasteiger partial charge < -0.3 is 21.7 Å². The van der Waals surface area contributed by atoms with Gasteiger partial charge in [-0.25, -0.2) is 0 Å². The van der Waals surface area contributed by atoms with E-state index < -0.39 is 0 Å². The lowest BCUT2D eigenvalue weighted by atomic mass is 10.0. The molecule has 0 radical (unpaired) electrons. The Bertz CT molecular complexity index is 405. The molecule has 0 atom stereocenters. The summed E-state index contributed by atoms with van der Waals surface area (Å²) in [5, 5.41) is 8.48. The molecule has 0 aromatic carbocycles. The fraction of sp³-hybridized carbons (Fsp3) is 0.920. The molecule has 31 heavy (non-hydrogen) atoms. The van der Waals surface area contributed by atoms with Gasteiger partial charge in [0.2, 0.25) is 11.8 Å². The summed E-state index contributed by atoms with van der Waals surface area (Å²) in [6.07, 6.45) is 22.6. The van der Waals surface area contributed by atoms with Crippen LogP contribution in [-0.2, 0) is 9.59 Å². The molecule has 6 heteroatoms. The average Bonchev–Trinajstić information content (AvgIpc) is 2.77. The summed E-state index contributed by atoms with van der Waals surface area (Å²) in [5.74, 6) is -0.301. The molecule has 0 unspecified atom stereocenters. The lowest BCUT2D eigenvalue weighted by Crippen LogP contribution is -2.41. The lowest BCUT2D eigenvalue weighted by molar-refractivity contribution is -0.125. The van der Waals surface area contributed by atoms with Gasteiger partial charge in [0.1, 0.15) is 0 Å². The highest BCUT2D eigenvalue weighted by Crippen LogP contribution is 2.13. The SMILES string of the molecule is CCCCCCCCCCCCCCCCCCNCC(=O)NCC(=O)NCCCN. The van der Waals surface area contributed by atoms with Gasteiger partial charge in [-0.2, -0.15) is 0 Å². The first kappa shape index (κ1) is 29.9.